The minimum absolute atomic E-state index is 0.0296. The highest BCUT2D eigenvalue weighted by Gasteiger charge is 2.15. The number of aromatic hydroxyl groups is 1. The van der Waals surface area contributed by atoms with E-state index in [2.05, 4.69) is 19.9 Å². The molecule has 9 heteroatoms. The lowest BCUT2D eigenvalue weighted by molar-refractivity contribution is 0.326. The van der Waals surface area contributed by atoms with Gasteiger partial charge in [0.1, 0.15) is 18.1 Å². The van der Waals surface area contributed by atoms with E-state index in [1.54, 1.807) is 42.7 Å². The Morgan fingerprint density at radius 2 is 1.90 bits per heavy atom. The number of hydrogen-bond donors (Lipinski definition) is 2. The molecule has 29 heavy (non-hydrogen) atoms. The van der Waals surface area contributed by atoms with Crippen LogP contribution < -0.4 is 9.46 Å². The first-order valence-corrected chi connectivity index (χ1v) is 10.2. The third kappa shape index (κ3) is 6.01. The molecular formula is C20H20N4O4S. The largest absolute Gasteiger partial charge is 0.508 e. The number of nitrogens with one attached hydrogen (secondary N) is 1. The molecule has 150 valence electrons. The number of pyridine rings is 1. The fraction of sp³-hybridized carbons (Fsp3) is 0.150. The second-order valence-electron chi connectivity index (χ2n) is 6.16. The number of ether oxygens (including phenoxy) is 1. The van der Waals surface area contributed by atoms with Gasteiger partial charge in [0.2, 0.25) is 0 Å². The van der Waals surface area contributed by atoms with Crippen molar-refractivity contribution in [2.24, 2.45) is 10.2 Å². The van der Waals surface area contributed by atoms with E-state index in [1.165, 1.54) is 24.3 Å². The summed E-state index contributed by atoms with van der Waals surface area (Å²) in [7, 11) is -3.83. The molecule has 0 saturated carbocycles. The molecule has 3 aromatic rings. The van der Waals surface area contributed by atoms with Gasteiger partial charge in [-0.3, -0.25) is 9.71 Å². The Balaban J connectivity index is 1.63. The lowest BCUT2D eigenvalue weighted by atomic mass is 10.2. The molecule has 8 nitrogen and oxygen atoms in total. The van der Waals surface area contributed by atoms with E-state index in [9.17, 15) is 13.5 Å². The van der Waals surface area contributed by atoms with E-state index in [1.807, 2.05) is 6.92 Å². The summed E-state index contributed by atoms with van der Waals surface area (Å²) in [4.78, 5) is 3.88. The Morgan fingerprint density at radius 3 is 2.66 bits per heavy atom. The SMILES string of the molecule is Cc1cc(NS(=O)(=O)c2cccc(O)c2)cc(OCCN=Nc2ccncc2)c1. The summed E-state index contributed by atoms with van der Waals surface area (Å²) in [6, 6.07) is 14.0. The summed E-state index contributed by atoms with van der Waals surface area (Å²) in [6.07, 6.45) is 3.27. The van der Waals surface area contributed by atoms with Crippen LogP contribution in [0.25, 0.3) is 0 Å². The maximum atomic E-state index is 12.5. The molecule has 0 spiro atoms. The number of azo groups is 1. The van der Waals surface area contributed by atoms with E-state index in [0.29, 0.717) is 23.7 Å². The number of benzene rings is 2. The fourth-order valence-corrected chi connectivity index (χ4v) is 3.58. The van der Waals surface area contributed by atoms with E-state index in [0.717, 1.165) is 5.56 Å². The number of sulfonamides is 1. The zero-order valence-corrected chi connectivity index (χ0v) is 16.5. The number of aryl methyl sites for hydroxylation is 1. The van der Waals surface area contributed by atoms with Crippen LogP contribution in [0.1, 0.15) is 5.56 Å². The number of nitrogens with zero attached hydrogens (tertiary/aromatic N) is 3. The number of rotatable bonds is 8. The normalized spacial score (nSPS) is 11.5. The quantitative estimate of drug-likeness (QED) is 0.428. The van der Waals surface area contributed by atoms with Gasteiger partial charge in [-0.1, -0.05) is 6.07 Å². The Bertz CT molecular complexity index is 1100. The molecule has 2 aromatic carbocycles. The van der Waals surface area contributed by atoms with Crippen molar-refractivity contribution in [3.63, 3.8) is 0 Å². The van der Waals surface area contributed by atoms with Gasteiger partial charge in [0.15, 0.2) is 0 Å². The Labute approximate surface area is 169 Å². The maximum absolute atomic E-state index is 12.5. The molecule has 1 aromatic heterocycles. The Morgan fingerprint density at radius 1 is 1.10 bits per heavy atom. The molecule has 2 N–H and O–H groups in total. The van der Waals surface area contributed by atoms with Crippen LogP contribution >= 0.6 is 0 Å². The number of phenolic OH excluding ortho intramolecular Hbond substituents is 1. The molecule has 0 aliphatic rings. The summed E-state index contributed by atoms with van der Waals surface area (Å²) < 4.78 is 33.2. The first-order chi connectivity index (χ1) is 13.9. The van der Waals surface area contributed by atoms with Crippen molar-refractivity contribution >= 4 is 21.4 Å². The molecule has 0 bridgehead atoms. The fourth-order valence-electron chi connectivity index (χ4n) is 2.50. The molecule has 0 amide bonds. The minimum atomic E-state index is -3.83. The highest BCUT2D eigenvalue weighted by atomic mass is 32.2. The summed E-state index contributed by atoms with van der Waals surface area (Å²) >= 11 is 0. The van der Waals surface area contributed by atoms with Crippen LogP contribution in [0.4, 0.5) is 11.4 Å². The minimum Gasteiger partial charge on any atom is -0.508 e. The van der Waals surface area contributed by atoms with Crippen molar-refractivity contribution in [3.05, 3.63) is 72.6 Å². The predicted octanol–water partition coefficient (Wildman–Crippen LogP) is 4.06. The Kier molecular flexibility index (Phi) is 6.40. The van der Waals surface area contributed by atoms with Gasteiger partial charge in [-0.25, -0.2) is 8.42 Å². The highest BCUT2D eigenvalue weighted by molar-refractivity contribution is 7.92. The van der Waals surface area contributed by atoms with Crippen LogP contribution in [0.3, 0.4) is 0 Å². The zero-order chi connectivity index (χ0) is 20.7. The second-order valence-corrected chi connectivity index (χ2v) is 7.84. The van der Waals surface area contributed by atoms with Crippen molar-refractivity contribution in [1.82, 2.24) is 4.98 Å². The zero-order valence-electron chi connectivity index (χ0n) is 15.7. The van der Waals surface area contributed by atoms with E-state index in [-0.39, 0.29) is 17.3 Å². The van der Waals surface area contributed by atoms with Crippen molar-refractivity contribution in [2.45, 2.75) is 11.8 Å². The number of hydrogen-bond acceptors (Lipinski definition) is 7. The third-order valence-corrected chi connectivity index (χ3v) is 5.12. The van der Waals surface area contributed by atoms with Crippen LogP contribution in [0, 0.1) is 6.92 Å². The standard InChI is InChI=1S/C20H20N4O4S/c1-15-11-17(24-29(26,27)20-4-2-3-18(25)14-20)13-19(12-15)28-10-9-22-23-16-5-7-21-8-6-16/h2-8,11-14,24-25H,9-10H2,1H3. The van der Waals surface area contributed by atoms with Crippen LogP contribution in [0.2, 0.25) is 0 Å². The number of phenols is 1. The van der Waals surface area contributed by atoms with Crippen LogP contribution in [0.5, 0.6) is 11.5 Å². The molecule has 0 saturated heterocycles. The van der Waals surface area contributed by atoms with Gasteiger partial charge in [-0.2, -0.15) is 10.2 Å². The maximum Gasteiger partial charge on any atom is 0.262 e. The van der Waals surface area contributed by atoms with Crippen LogP contribution in [-0.2, 0) is 10.0 Å². The summed E-state index contributed by atoms with van der Waals surface area (Å²) in [6.45, 7) is 2.47. The lowest BCUT2D eigenvalue weighted by Gasteiger charge is -2.12. The van der Waals surface area contributed by atoms with Gasteiger partial charge in [0, 0.05) is 24.5 Å². The summed E-state index contributed by atoms with van der Waals surface area (Å²) in [5.41, 5.74) is 1.90. The summed E-state index contributed by atoms with van der Waals surface area (Å²) in [5.74, 6) is 0.389. The first kappa shape index (κ1) is 20.3. The molecule has 3 rings (SSSR count). The van der Waals surface area contributed by atoms with Gasteiger partial charge < -0.3 is 9.84 Å². The molecular weight excluding hydrogens is 392 g/mol. The molecule has 1 heterocycles. The second kappa shape index (κ2) is 9.16. The topological polar surface area (TPSA) is 113 Å². The number of anilines is 1. The average molecular weight is 412 g/mol. The van der Waals surface area contributed by atoms with Crippen molar-refractivity contribution in [2.75, 3.05) is 17.9 Å². The molecule has 0 aliphatic heterocycles. The Hall–Kier alpha value is -3.46. The van der Waals surface area contributed by atoms with Crippen LogP contribution in [0.15, 0.2) is 82.1 Å². The van der Waals surface area contributed by atoms with Gasteiger partial charge in [0.25, 0.3) is 10.0 Å². The van der Waals surface area contributed by atoms with Crippen molar-refractivity contribution < 1.29 is 18.3 Å². The van der Waals surface area contributed by atoms with E-state index in [4.69, 9.17) is 4.74 Å². The summed E-state index contributed by atoms with van der Waals surface area (Å²) in [5, 5.41) is 17.6. The van der Waals surface area contributed by atoms with Gasteiger partial charge >= 0.3 is 0 Å². The molecule has 0 unspecified atom stereocenters. The van der Waals surface area contributed by atoms with Gasteiger partial charge in [-0.15, -0.1) is 0 Å². The van der Waals surface area contributed by atoms with Crippen molar-refractivity contribution in [3.8, 4) is 11.5 Å². The smallest absolute Gasteiger partial charge is 0.262 e. The first-order valence-electron chi connectivity index (χ1n) is 8.76. The molecule has 0 radical (unpaired) electrons. The third-order valence-electron chi connectivity index (χ3n) is 3.74. The average Bonchev–Trinajstić information content (AvgIpc) is 2.68. The molecule has 0 fully saturated rings. The van der Waals surface area contributed by atoms with Crippen LogP contribution in [-0.4, -0.2) is 31.7 Å². The monoisotopic (exact) mass is 412 g/mol. The lowest BCUT2D eigenvalue weighted by Crippen LogP contribution is -2.13. The molecule has 0 aliphatic carbocycles. The van der Waals surface area contributed by atoms with Gasteiger partial charge in [0.05, 0.1) is 22.8 Å². The van der Waals surface area contributed by atoms with Gasteiger partial charge in [-0.05, 0) is 48.9 Å². The van der Waals surface area contributed by atoms with E-state index < -0.39 is 10.0 Å². The number of aromatic nitrogens is 1. The highest BCUT2D eigenvalue weighted by Crippen LogP contribution is 2.24. The predicted molar refractivity (Wildman–Crippen MR) is 109 cm³/mol. The van der Waals surface area contributed by atoms with E-state index >= 15 is 0 Å². The van der Waals surface area contributed by atoms with Crippen molar-refractivity contribution in [1.29, 1.82) is 0 Å². The molecule has 0 atom stereocenters.